The third-order valence-electron chi connectivity index (χ3n) is 3.48. The standard InChI is InChI=1S/C13H19N3O4/c1-9-14-11(20-15-9)6-7-12(17)16-8-4-2-3-5-10(16)13(18)19/h10H,2-8H2,1H3,(H,18,19). The molecule has 1 saturated heterocycles. The lowest BCUT2D eigenvalue weighted by molar-refractivity contribution is -0.150. The molecule has 7 heteroatoms. The third-order valence-corrected chi connectivity index (χ3v) is 3.48. The van der Waals surface area contributed by atoms with Crippen LogP contribution in [0.25, 0.3) is 0 Å². The molecular formula is C13H19N3O4. The first-order valence-corrected chi connectivity index (χ1v) is 6.89. The average molecular weight is 281 g/mol. The van der Waals surface area contributed by atoms with Gasteiger partial charge in [0.25, 0.3) is 0 Å². The molecule has 0 saturated carbocycles. The lowest BCUT2D eigenvalue weighted by Crippen LogP contribution is -2.44. The van der Waals surface area contributed by atoms with E-state index in [1.165, 1.54) is 4.90 Å². The van der Waals surface area contributed by atoms with Crippen molar-refractivity contribution in [2.45, 2.75) is 51.5 Å². The molecule has 0 aliphatic carbocycles. The molecule has 1 unspecified atom stereocenters. The molecule has 0 aromatic carbocycles. The minimum atomic E-state index is -0.922. The van der Waals surface area contributed by atoms with Gasteiger partial charge in [-0.05, 0) is 19.8 Å². The zero-order valence-electron chi connectivity index (χ0n) is 11.5. The summed E-state index contributed by atoms with van der Waals surface area (Å²) in [6, 6.07) is -0.700. The van der Waals surface area contributed by atoms with Crippen LogP contribution < -0.4 is 0 Å². The van der Waals surface area contributed by atoms with E-state index in [9.17, 15) is 14.7 Å². The molecule has 1 aliphatic rings. The first kappa shape index (κ1) is 14.5. The van der Waals surface area contributed by atoms with Crippen LogP contribution in [0.15, 0.2) is 4.52 Å². The van der Waals surface area contributed by atoms with Crippen LogP contribution in [-0.2, 0) is 16.0 Å². The molecule has 1 fully saturated rings. The summed E-state index contributed by atoms with van der Waals surface area (Å²) in [6.45, 7) is 2.22. The van der Waals surface area contributed by atoms with E-state index in [0.29, 0.717) is 31.1 Å². The van der Waals surface area contributed by atoms with Crippen LogP contribution in [0.2, 0.25) is 0 Å². The summed E-state index contributed by atoms with van der Waals surface area (Å²) >= 11 is 0. The van der Waals surface area contributed by atoms with Gasteiger partial charge >= 0.3 is 5.97 Å². The fraction of sp³-hybridized carbons (Fsp3) is 0.692. The van der Waals surface area contributed by atoms with E-state index in [4.69, 9.17) is 4.52 Å². The van der Waals surface area contributed by atoms with Crippen LogP contribution in [0, 0.1) is 6.92 Å². The van der Waals surface area contributed by atoms with Crippen molar-refractivity contribution in [1.82, 2.24) is 15.0 Å². The van der Waals surface area contributed by atoms with E-state index >= 15 is 0 Å². The van der Waals surface area contributed by atoms with Crippen LogP contribution in [0.4, 0.5) is 0 Å². The van der Waals surface area contributed by atoms with E-state index in [1.807, 2.05) is 0 Å². The molecule has 2 rings (SSSR count). The van der Waals surface area contributed by atoms with Gasteiger partial charge in [-0.1, -0.05) is 18.0 Å². The second kappa shape index (κ2) is 6.49. The maximum Gasteiger partial charge on any atom is 0.326 e. The summed E-state index contributed by atoms with van der Waals surface area (Å²) < 4.78 is 4.95. The molecular weight excluding hydrogens is 262 g/mol. The predicted molar refractivity (Wildman–Crippen MR) is 69.0 cm³/mol. The highest BCUT2D eigenvalue weighted by Crippen LogP contribution is 2.18. The van der Waals surface area contributed by atoms with Crippen LogP contribution in [0.1, 0.15) is 43.8 Å². The van der Waals surface area contributed by atoms with Gasteiger partial charge in [-0.2, -0.15) is 4.98 Å². The molecule has 20 heavy (non-hydrogen) atoms. The van der Waals surface area contributed by atoms with Crippen LogP contribution in [0.5, 0.6) is 0 Å². The number of carboxylic acid groups (broad SMARTS) is 1. The number of aliphatic carboxylic acids is 1. The Balaban J connectivity index is 1.96. The van der Waals surface area contributed by atoms with E-state index in [-0.39, 0.29) is 12.3 Å². The summed E-state index contributed by atoms with van der Waals surface area (Å²) in [5.41, 5.74) is 0. The van der Waals surface area contributed by atoms with Crippen LogP contribution >= 0.6 is 0 Å². The Kier molecular flexibility index (Phi) is 4.70. The third kappa shape index (κ3) is 3.55. The number of rotatable bonds is 4. The lowest BCUT2D eigenvalue weighted by Gasteiger charge is -2.26. The first-order valence-electron chi connectivity index (χ1n) is 6.89. The fourth-order valence-corrected chi connectivity index (χ4v) is 2.46. The lowest BCUT2D eigenvalue weighted by atomic mass is 10.1. The largest absolute Gasteiger partial charge is 0.480 e. The van der Waals surface area contributed by atoms with Gasteiger partial charge in [-0.25, -0.2) is 4.79 Å². The summed E-state index contributed by atoms with van der Waals surface area (Å²) in [5, 5.41) is 12.9. The Labute approximate surface area is 117 Å². The number of amides is 1. The Morgan fingerprint density at radius 1 is 1.40 bits per heavy atom. The van der Waals surface area contributed by atoms with E-state index in [2.05, 4.69) is 10.1 Å². The van der Waals surface area contributed by atoms with E-state index < -0.39 is 12.0 Å². The Hall–Kier alpha value is -1.92. The molecule has 1 aromatic heterocycles. The SMILES string of the molecule is Cc1noc(CCC(=O)N2CCCCCC2C(=O)O)n1. The molecule has 1 N–H and O–H groups in total. The minimum absolute atomic E-state index is 0.157. The fourth-order valence-electron chi connectivity index (χ4n) is 2.46. The molecule has 2 heterocycles. The second-order valence-corrected chi connectivity index (χ2v) is 5.03. The topological polar surface area (TPSA) is 96.5 Å². The van der Waals surface area contributed by atoms with Crippen LogP contribution in [0.3, 0.4) is 0 Å². The Bertz CT molecular complexity index is 486. The highest BCUT2D eigenvalue weighted by atomic mass is 16.5. The molecule has 0 radical (unpaired) electrons. The van der Waals surface area contributed by atoms with Crippen molar-refractivity contribution in [3.05, 3.63) is 11.7 Å². The number of aromatic nitrogens is 2. The maximum atomic E-state index is 12.2. The molecule has 0 spiro atoms. The number of carbonyl (C=O) groups excluding carboxylic acids is 1. The van der Waals surface area contributed by atoms with Crippen molar-refractivity contribution in [2.24, 2.45) is 0 Å². The summed E-state index contributed by atoms with van der Waals surface area (Å²) in [6.07, 6.45) is 3.75. The number of carboxylic acids is 1. The van der Waals surface area contributed by atoms with Gasteiger partial charge in [0, 0.05) is 19.4 Å². The maximum absolute atomic E-state index is 12.2. The van der Waals surface area contributed by atoms with Crippen molar-refractivity contribution in [3.63, 3.8) is 0 Å². The number of nitrogens with zero attached hydrogens (tertiary/aromatic N) is 3. The molecule has 1 aliphatic heterocycles. The normalized spacial score (nSPS) is 19.6. The highest BCUT2D eigenvalue weighted by molar-refractivity contribution is 5.83. The van der Waals surface area contributed by atoms with Gasteiger partial charge in [0.15, 0.2) is 5.82 Å². The second-order valence-electron chi connectivity index (χ2n) is 5.03. The predicted octanol–water partition coefficient (Wildman–Crippen LogP) is 1.17. The van der Waals surface area contributed by atoms with Crippen molar-refractivity contribution >= 4 is 11.9 Å². The summed E-state index contributed by atoms with van der Waals surface area (Å²) in [5.74, 6) is -0.132. The summed E-state index contributed by atoms with van der Waals surface area (Å²) in [7, 11) is 0. The van der Waals surface area contributed by atoms with E-state index in [0.717, 1.165) is 19.3 Å². The van der Waals surface area contributed by atoms with Gasteiger partial charge in [0.1, 0.15) is 6.04 Å². The van der Waals surface area contributed by atoms with Crippen molar-refractivity contribution in [3.8, 4) is 0 Å². The molecule has 110 valence electrons. The Morgan fingerprint density at radius 3 is 2.85 bits per heavy atom. The monoisotopic (exact) mass is 281 g/mol. The van der Waals surface area contributed by atoms with Gasteiger partial charge in [-0.3, -0.25) is 4.79 Å². The molecule has 1 aromatic rings. The van der Waals surface area contributed by atoms with Gasteiger partial charge in [0.2, 0.25) is 11.8 Å². The smallest absolute Gasteiger partial charge is 0.326 e. The van der Waals surface area contributed by atoms with Crippen molar-refractivity contribution < 1.29 is 19.2 Å². The minimum Gasteiger partial charge on any atom is -0.480 e. The molecule has 7 nitrogen and oxygen atoms in total. The van der Waals surface area contributed by atoms with Crippen molar-refractivity contribution in [1.29, 1.82) is 0 Å². The van der Waals surface area contributed by atoms with Crippen LogP contribution in [-0.4, -0.2) is 44.6 Å². The molecule has 1 amide bonds. The first-order chi connectivity index (χ1) is 9.58. The van der Waals surface area contributed by atoms with Crippen molar-refractivity contribution in [2.75, 3.05) is 6.54 Å². The number of likely N-dealkylation sites (tertiary alicyclic amines) is 1. The molecule has 0 bridgehead atoms. The zero-order valence-corrected chi connectivity index (χ0v) is 11.5. The summed E-state index contributed by atoms with van der Waals surface area (Å²) in [4.78, 5) is 29.0. The molecule has 1 atom stereocenters. The van der Waals surface area contributed by atoms with Gasteiger partial charge < -0.3 is 14.5 Å². The zero-order chi connectivity index (χ0) is 14.5. The highest BCUT2D eigenvalue weighted by Gasteiger charge is 2.30. The number of aryl methyl sites for hydroxylation is 2. The van der Waals surface area contributed by atoms with E-state index in [1.54, 1.807) is 6.92 Å². The van der Waals surface area contributed by atoms with Gasteiger partial charge in [0.05, 0.1) is 0 Å². The van der Waals surface area contributed by atoms with Gasteiger partial charge in [-0.15, -0.1) is 0 Å². The Morgan fingerprint density at radius 2 is 2.20 bits per heavy atom. The number of hydrogen-bond acceptors (Lipinski definition) is 5. The number of carbonyl (C=O) groups is 2. The average Bonchev–Trinajstić information content (AvgIpc) is 2.68. The quantitative estimate of drug-likeness (QED) is 0.889. The number of hydrogen-bond donors (Lipinski definition) is 1.